The van der Waals surface area contributed by atoms with Gasteiger partial charge in [0.2, 0.25) is 5.91 Å². The Hall–Kier alpha value is -1.10. The van der Waals surface area contributed by atoms with Crippen LogP contribution in [0.15, 0.2) is 0 Å². The minimum absolute atomic E-state index is 0.0649. The first kappa shape index (κ1) is 14.0. The largest absolute Gasteiger partial charge is 0.481 e. The molecule has 1 fully saturated rings. The summed E-state index contributed by atoms with van der Waals surface area (Å²) in [6.45, 7) is 2.56. The number of carboxylic acid groups (broad SMARTS) is 1. The number of piperidine rings is 1. The number of hydrogen-bond donors (Lipinski definition) is 2. The highest BCUT2D eigenvalue weighted by Crippen LogP contribution is 2.21. The van der Waals surface area contributed by atoms with Crippen LogP contribution >= 0.6 is 0 Å². The normalized spacial score (nSPS) is 22.2. The van der Waals surface area contributed by atoms with Gasteiger partial charge in [0.25, 0.3) is 0 Å². The fourth-order valence-corrected chi connectivity index (χ4v) is 2.31. The number of hydrogen-bond acceptors (Lipinski definition) is 3. The van der Waals surface area contributed by atoms with Crippen LogP contribution in [0.25, 0.3) is 0 Å². The van der Waals surface area contributed by atoms with E-state index in [0.717, 1.165) is 25.8 Å². The molecule has 2 unspecified atom stereocenters. The van der Waals surface area contributed by atoms with E-state index in [2.05, 4.69) is 0 Å². The van der Waals surface area contributed by atoms with E-state index in [0.29, 0.717) is 12.8 Å². The summed E-state index contributed by atoms with van der Waals surface area (Å²) in [6.07, 6.45) is 4.04. The van der Waals surface area contributed by atoms with E-state index in [4.69, 9.17) is 10.8 Å². The molecule has 5 heteroatoms. The molecule has 3 N–H and O–H groups in total. The molecule has 1 heterocycles. The number of likely N-dealkylation sites (tertiary alicyclic amines) is 1. The molecule has 1 aliphatic rings. The Kier molecular flexibility index (Phi) is 5.41. The quantitative estimate of drug-likeness (QED) is 0.752. The summed E-state index contributed by atoms with van der Waals surface area (Å²) in [4.78, 5) is 24.4. The number of rotatable bonds is 5. The summed E-state index contributed by atoms with van der Waals surface area (Å²) in [5, 5.41) is 8.69. The smallest absolute Gasteiger partial charge is 0.303 e. The lowest BCUT2D eigenvalue weighted by Crippen LogP contribution is -2.45. The standard InChI is InChI=1S/C12H22N2O3/c1-9(13)8-11(15)14-7-3-2-4-10(14)5-6-12(16)17/h9-10H,2-8,13H2,1H3,(H,16,17). The van der Waals surface area contributed by atoms with Crippen molar-refractivity contribution in [2.24, 2.45) is 5.73 Å². The minimum atomic E-state index is -0.796. The molecule has 0 aromatic carbocycles. The highest BCUT2D eigenvalue weighted by atomic mass is 16.4. The van der Waals surface area contributed by atoms with E-state index < -0.39 is 5.97 Å². The fourth-order valence-electron chi connectivity index (χ4n) is 2.31. The van der Waals surface area contributed by atoms with Crippen LogP contribution in [0, 0.1) is 0 Å². The van der Waals surface area contributed by atoms with Gasteiger partial charge in [-0.2, -0.15) is 0 Å². The van der Waals surface area contributed by atoms with Crippen LogP contribution in [-0.4, -0.2) is 40.5 Å². The lowest BCUT2D eigenvalue weighted by atomic mass is 9.97. The lowest BCUT2D eigenvalue weighted by Gasteiger charge is -2.36. The maximum Gasteiger partial charge on any atom is 0.303 e. The third-order valence-electron chi connectivity index (χ3n) is 3.14. The number of carbonyl (C=O) groups is 2. The van der Waals surface area contributed by atoms with Crippen molar-refractivity contribution in [3.8, 4) is 0 Å². The molecular formula is C12H22N2O3. The SMILES string of the molecule is CC(N)CC(=O)N1CCCCC1CCC(=O)O. The van der Waals surface area contributed by atoms with Crippen molar-refractivity contribution >= 4 is 11.9 Å². The van der Waals surface area contributed by atoms with E-state index in [9.17, 15) is 9.59 Å². The van der Waals surface area contributed by atoms with Crippen molar-refractivity contribution in [2.75, 3.05) is 6.54 Å². The molecule has 0 aromatic heterocycles. The summed E-state index contributed by atoms with van der Waals surface area (Å²) in [5.41, 5.74) is 5.63. The topological polar surface area (TPSA) is 83.6 Å². The Morgan fingerprint density at radius 1 is 1.47 bits per heavy atom. The maximum absolute atomic E-state index is 12.0. The van der Waals surface area contributed by atoms with Crippen LogP contribution < -0.4 is 5.73 Å². The van der Waals surface area contributed by atoms with Gasteiger partial charge in [0.05, 0.1) is 0 Å². The maximum atomic E-state index is 12.0. The Balaban J connectivity index is 2.52. The highest BCUT2D eigenvalue weighted by molar-refractivity contribution is 5.77. The molecule has 1 aliphatic heterocycles. The van der Waals surface area contributed by atoms with Gasteiger partial charge in [-0.25, -0.2) is 0 Å². The van der Waals surface area contributed by atoms with E-state index in [1.807, 2.05) is 11.8 Å². The molecule has 17 heavy (non-hydrogen) atoms. The van der Waals surface area contributed by atoms with E-state index >= 15 is 0 Å². The highest BCUT2D eigenvalue weighted by Gasteiger charge is 2.27. The number of aliphatic carboxylic acids is 1. The summed E-state index contributed by atoms with van der Waals surface area (Å²) in [7, 11) is 0. The van der Waals surface area contributed by atoms with Crippen LogP contribution in [0.3, 0.4) is 0 Å². The van der Waals surface area contributed by atoms with Gasteiger partial charge in [0.1, 0.15) is 0 Å². The van der Waals surface area contributed by atoms with E-state index in [1.54, 1.807) is 0 Å². The summed E-state index contributed by atoms with van der Waals surface area (Å²) in [5.74, 6) is -0.731. The van der Waals surface area contributed by atoms with Crippen molar-refractivity contribution in [1.29, 1.82) is 0 Å². The number of nitrogens with two attached hydrogens (primary N) is 1. The summed E-state index contributed by atoms with van der Waals surface area (Å²) < 4.78 is 0. The average molecular weight is 242 g/mol. The number of nitrogens with zero attached hydrogens (tertiary/aromatic N) is 1. The van der Waals surface area contributed by atoms with Crippen molar-refractivity contribution in [2.45, 2.75) is 57.5 Å². The molecule has 0 saturated carbocycles. The summed E-state index contributed by atoms with van der Waals surface area (Å²) in [6, 6.07) is -0.0457. The number of carbonyl (C=O) groups excluding carboxylic acids is 1. The Bertz CT molecular complexity index is 279. The van der Waals surface area contributed by atoms with Gasteiger partial charge >= 0.3 is 5.97 Å². The van der Waals surface area contributed by atoms with Gasteiger partial charge in [-0.15, -0.1) is 0 Å². The molecule has 0 bridgehead atoms. The molecule has 2 atom stereocenters. The minimum Gasteiger partial charge on any atom is -0.481 e. The molecule has 1 amide bonds. The van der Waals surface area contributed by atoms with E-state index in [-0.39, 0.29) is 24.4 Å². The zero-order chi connectivity index (χ0) is 12.8. The van der Waals surface area contributed by atoms with Crippen LogP contribution in [0.1, 0.15) is 45.4 Å². The van der Waals surface area contributed by atoms with Crippen LogP contribution in [0.5, 0.6) is 0 Å². The number of amides is 1. The molecular weight excluding hydrogens is 220 g/mol. The van der Waals surface area contributed by atoms with Gasteiger partial charge < -0.3 is 15.7 Å². The average Bonchev–Trinajstić information content (AvgIpc) is 2.25. The van der Waals surface area contributed by atoms with Gasteiger partial charge in [-0.05, 0) is 32.6 Å². The van der Waals surface area contributed by atoms with Crippen molar-refractivity contribution in [1.82, 2.24) is 4.90 Å². The van der Waals surface area contributed by atoms with Crippen LogP contribution in [0.2, 0.25) is 0 Å². The molecule has 5 nitrogen and oxygen atoms in total. The first-order valence-electron chi connectivity index (χ1n) is 6.27. The first-order chi connectivity index (χ1) is 8.00. The van der Waals surface area contributed by atoms with Crippen LogP contribution in [-0.2, 0) is 9.59 Å². The second-order valence-corrected chi connectivity index (χ2v) is 4.85. The predicted octanol–water partition coefficient (Wildman–Crippen LogP) is 0.970. The number of carboxylic acids is 1. The molecule has 98 valence electrons. The van der Waals surface area contributed by atoms with E-state index in [1.165, 1.54) is 0 Å². The van der Waals surface area contributed by atoms with Gasteiger partial charge in [-0.1, -0.05) is 0 Å². The van der Waals surface area contributed by atoms with Crippen molar-refractivity contribution in [3.05, 3.63) is 0 Å². The molecule has 0 aliphatic carbocycles. The third kappa shape index (κ3) is 4.73. The molecule has 1 saturated heterocycles. The van der Waals surface area contributed by atoms with Crippen molar-refractivity contribution < 1.29 is 14.7 Å². The van der Waals surface area contributed by atoms with Gasteiger partial charge in [0, 0.05) is 31.5 Å². The predicted molar refractivity (Wildman–Crippen MR) is 64.5 cm³/mol. The zero-order valence-electron chi connectivity index (χ0n) is 10.4. The first-order valence-corrected chi connectivity index (χ1v) is 6.27. The van der Waals surface area contributed by atoms with Crippen LogP contribution in [0.4, 0.5) is 0 Å². The van der Waals surface area contributed by atoms with Gasteiger partial charge in [0.15, 0.2) is 0 Å². The third-order valence-corrected chi connectivity index (χ3v) is 3.14. The molecule has 0 radical (unpaired) electrons. The van der Waals surface area contributed by atoms with Gasteiger partial charge in [-0.3, -0.25) is 9.59 Å². The summed E-state index contributed by atoms with van der Waals surface area (Å²) >= 11 is 0. The Morgan fingerprint density at radius 3 is 2.76 bits per heavy atom. The molecule has 1 rings (SSSR count). The molecule has 0 spiro atoms. The second-order valence-electron chi connectivity index (χ2n) is 4.85. The monoisotopic (exact) mass is 242 g/mol. The fraction of sp³-hybridized carbons (Fsp3) is 0.833. The Morgan fingerprint density at radius 2 is 2.18 bits per heavy atom. The Labute approximate surface area is 102 Å². The molecule has 0 aromatic rings. The zero-order valence-corrected chi connectivity index (χ0v) is 10.4. The second kappa shape index (κ2) is 6.59. The lowest BCUT2D eigenvalue weighted by molar-refractivity contribution is -0.140. The van der Waals surface area contributed by atoms with Crippen molar-refractivity contribution in [3.63, 3.8) is 0 Å².